The zero-order chi connectivity index (χ0) is 19.1. The predicted molar refractivity (Wildman–Crippen MR) is 108 cm³/mol. The van der Waals surface area contributed by atoms with Crippen LogP contribution in [0.1, 0.15) is 48.3 Å². The molecule has 2 aromatic rings. The van der Waals surface area contributed by atoms with Crippen LogP contribution in [-0.2, 0) is 9.59 Å². The van der Waals surface area contributed by atoms with Crippen molar-refractivity contribution in [3.8, 4) is 0 Å². The predicted octanol–water partition coefficient (Wildman–Crippen LogP) is 5.48. The fourth-order valence-electron chi connectivity index (χ4n) is 4.26. The zero-order valence-corrected chi connectivity index (χ0v) is 16.3. The minimum absolute atomic E-state index is 0.0247. The molecule has 2 aromatic carbocycles. The normalized spacial score (nSPS) is 20.1. The molecule has 1 atom stereocenters. The Balaban J connectivity index is 1.88. The molecule has 0 N–H and O–H groups in total. The van der Waals surface area contributed by atoms with Gasteiger partial charge in [-0.25, -0.2) is 0 Å². The molecule has 1 aliphatic heterocycles. The van der Waals surface area contributed by atoms with Gasteiger partial charge in [-0.05, 0) is 55.5 Å². The highest BCUT2D eigenvalue weighted by Gasteiger charge is 2.40. The fourth-order valence-corrected chi connectivity index (χ4v) is 4.43. The van der Waals surface area contributed by atoms with Crippen LogP contribution >= 0.6 is 11.6 Å². The van der Waals surface area contributed by atoms with Crippen LogP contribution < -0.4 is 4.90 Å². The maximum Gasteiger partial charge on any atom is 0.232 e. The lowest BCUT2D eigenvalue weighted by molar-refractivity contribution is -0.119. The van der Waals surface area contributed by atoms with Crippen molar-refractivity contribution in [2.24, 2.45) is 0 Å². The first kappa shape index (κ1) is 18.0. The zero-order valence-electron chi connectivity index (χ0n) is 15.6. The number of carbonyl (C=O) groups excluding carboxylic acids is 2. The number of carbonyl (C=O) groups is 2. The second kappa shape index (κ2) is 6.97. The van der Waals surface area contributed by atoms with Crippen molar-refractivity contribution in [1.82, 2.24) is 0 Å². The molecule has 1 heterocycles. The van der Waals surface area contributed by atoms with E-state index in [1.54, 1.807) is 4.90 Å². The Morgan fingerprint density at radius 1 is 1.00 bits per heavy atom. The van der Waals surface area contributed by atoms with Gasteiger partial charge in [0.2, 0.25) is 5.91 Å². The summed E-state index contributed by atoms with van der Waals surface area (Å²) >= 11 is 6.31. The van der Waals surface area contributed by atoms with E-state index in [0.717, 1.165) is 46.5 Å². The molecule has 1 aliphatic carbocycles. The molecule has 0 spiro atoms. The van der Waals surface area contributed by atoms with Crippen LogP contribution in [0.2, 0.25) is 5.02 Å². The van der Waals surface area contributed by atoms with Gasteiger partial charge in [-0.1, -0.05) is 41.9 Å². The standard InChI is InChI=1S/C23H22ClNO2/c1-14-6-3-4-7-17(14)18-13-22(27)25(16-11-10-15(2)19(24)12-16)20-8-5-9-21(26)23(18)20/h3-4,6-7,10-12,18H,5,8-9,13H2,1-2H3. The summed E-state index contributed by atoms with van der Waals surface area (Å²) in [5.74, 6) is 0.0375. The fraction of sp³-hybridized carbons (Fsp3) is 0.304. The number of hydrogen-bond donors (Lipinski definition) is 0. The van der Waals surface area contributed by atoms with Crippen molar-refractivity contribution in [1.29, 1.82) is 0 Å². The quantitative estimate of drug-likeness (QED) is 0.692. The molecule has 3 nitrogen and oxygen atoms in total. The van der Waals surface area contributed by atoms with E-state index in [2.05, 4.69) is 0 Å². The Hall–Kier alpha value is -2.39. The third-order valence-electron chi connectivity index (χ3n) is 5.65. The minimum Gasteiger partial charge on any atom is -0.294 e. The lowest BCUT2D eigenvalue weighted by Gasteiger charge is -2.38. The van der Waals surface area contributed by atoms with E-state index in [-0.39, 0.29) is 17.6 Å². The number of rotatable bonds is 2. The van der Waals surface area contributed by atoms with Crippen molar-refractivity contribution in [3.05, 3.63) is 75.4 Å². The van der Waals surface area contributed by atoms with Crippen molar-refractivity contribution in [3.63, 3.8) is 0 Å². The minimum atomic E-state index is -0.154. The number of allylic oxidation sites excluding steroid dienone is 2. The Kier molecular flexibility index (Phi) is 4.65. The summed E-state index contributed by atoms with van der Waals surface area (Å²) in [4.78, 5) is 27.8. The van der Waals surface area contributed by atoms with E-state index in [1.165, 1.54) is 0 Å². The molecule has 0 radical (unpaired) electrons. The number of aryl methyl sites for hydroxylation is 2. The summed E-state index contributed by atoms with van der Waals surface area (Å²) < 4.78 is 0. The highest BCUT2D eigenvalue weighted by atomic mass is 35.5. The third-order valence-corrected chi connectivity index (χ3v) is 6.06. The smallest absolute Gasteiger partial charge is 0.232 e. The Morgan fingerprint density at radius 2 is 1.78 bits per heavy atom. The summed E-state index contributed by atoms with van der Waals surface area (Å²) in [6.45, 7) is 3.98. The van der Waals surface area contributed by atoms with Crippen LogP contribution in [0.4, 0.5) is 5.69 Å². The van der Waals surface area contributed by atoms with Crippen LogP contribution in [0, 0.1) is 13.8 Å². The van der Waals surface area contributed by atoms with E-state index < -0.39 is 0 Å². The molecule has 138 valence electrons. The molecular weight excluding hydrogens is 358 g/mol. The number of amides is 1. The summed E-state index contributed by atoms with van der Waals surface area (Å²) in [5, 5.41) is 0.630. The summed E-state index contributed by atoms with van der Waals surface area (Å²) in [6.07, 6.45) is 2.38. The Bertz CT molecular complexity index is 976. The molecule has 0 saturated carbocycles. The number of benzene rings is 2. The van der Waals surface area contributed by atoms with Crippen LogP contribution in [0.5, 0.6) is 0 Å². The topological polar surface area (TPSA) is 37.4 Å². The molecule has 1 amide bonds. The van der Waals surface area contributed by atoms with Gasteiger partial charge in [0, 0.05) is 35.1 Å². The molecule has 1 unspecified atom stereocenters. The molecule has 27 heavy (non-hydrogen) atoms. The highest BCUT2D eigenvalue weighted by molar-refractivity contribution is 6.31. The van der Waals surface area contributed by atoms with Gasteiger partial charge in [-0.3, -0.25) is 14.5 Å². The largest absolute Gasteiger partial charge is 0.294 e. The maximum atomic E-state index is 13.2. The highest BCUT2D eigenvalue weighted by Crippen LogP contribution is 2.44. The van der Waals surface area contributed by atoms with Gasteiger partial charge in [0.25, 0.3) is 0 Å². The van der Waals surface area contributed by atoms with Crippen molar-refractivity contribution in [2.75, 3.05) is 4.90 Å². The van der Waals surface area contributed by atoms with Gasteiger partial charge in [-0.2, -0.15) is 0 Å². The van der Waals surface area contributed by atoms with Gasteiger partial charge < -0.3 is 0 Å². The number of nitrogens with zero attached hydrogens (tertiary/aromatic N) is 1. The van der Waals surface area contributed by atoms with Crippen LogP contribution in [0.3, 0.4) is 0 Å². The van der Waals surface area contributed by atoms with Gasteiger partial charge in [0.1, 0.15) is 0 Å². The molecule has 2 aliphatic rings. The maximum absolute atomic E-state index is 13.2. The van der Waals surface area contributed by atoms with Gasteiger partial charge in [0.15, 0.2) is 5.78 Å². The Morgan fingerprint density at radius 3 is 2.52 bits per heavy atom. The first-order valence-electron chi connectivity index (χ1n) is 9.38. The molecule has 4 heteroatoms. The summed E-state index contributed by atoms with van der Waals surface area (Å²) in [6, 6.07) is 13.7. The molecule has 0 saturated heterocycles. The average Bonchev–Trinajstić information content (AvgIpc) is 2.64. The van der Waals surface area contributed by atoms with E-state index in [4.69, 9.17) is 11.6 Å². The van der Waals surface area contributed by atoms with Crippen LogP contribution in [-0.4, -0.2) is 11.7 Å². The SMILES string of the molecule is Cc1ccc(N2C(=O)CC(c3ccccc3C)C3=C2CCCC3=O)cc1Cl. The third kappa shape index (κ3) is 3.10. The van der Waals surface area contributed by atoms with Gasteiger partial charge in [0.05, 0.1) is 5.69 Å². The summed E-state index contributed by atoms with van der Waals surface area (Å²) in [7, 11) is 0. The number of halogens is 1. The lowest BCUT2D eigenvalue weighted by atomic mass is 9.76. The average molecular weight is 380 g/mol. The molecule has 0 bridgehead atoms. The lowest BCUT2D eigenvalue weighted by Crippen LogP contribution is -2.40. The monoisotopic (exact) mass is 379 g/mol. The van der Waals surface area contributed by atoms with E-state index in [9.17, 15) is 9.59 Å². The summed E-state index contributed by atoms with van der Waals surface area (Å²) in [5.41, 5.74) is 5.59. The molecule has 0 aromatic heterocycles. The molecule has 0 fully saturated rings. The van der Waals surface area contributed by atoms with Crippen molar-refractivity contribution in [2.45, 2.75) is 45.4 Å². The van der Waals surface area contributed by atoms with Gasteiger partial charge >= 0.3 is 0 Å². The second-order valence-corrected chi connectivity index (χ2v) is 7.82. The van der Waals surface area contributed by atoms with Gasteiger partial charge in [-0.15, -0.1) is 0 Å². The van der Waals surface area contributed by atoms with Crippen molar-refractivity contribution >= 4 is 29.0 Å². The number of ketones is 1. The number of Topliss-reactive ketones (excluding diaryl/α,β-unsaturated/α-hetero) is 1. The van der Waals surface area contributed by atoms with E-state index in [1.807, 2.05) is 56.3 Å². The first-order chi connectivity index (χ1) is 13.0. The number of hydrogen-bond acceptors (Lipinski definition) is 2. The number of anilines is 1. The molecule has 4 rings (SSSR count). The Labute approximate surface area is 164 Å². The second-order valence-electron chi connectivity index (χ2n) is 7.41. The van der Waals surface area contributed by atoms with Crippen molar-refractivity contribution < 1.29 is 9.59 Å². The molecular formula is C23H22ClNO2. The van der Waals surface area contributed by atoms with Crippen LogP contribution in [0.25, 0.3) is 0 Å². The van der Waals surface area contributed by atoms with E-state index in [0.29, 0.717) is 17.9 Å². The van der Waals surface area contributed by atoms with Crippen LogP contribution in [0.15, 0.2) is 53.7 Å². The van der Waals surface area contributed by atoms with E-state index >= 15 is 0 Å². The first-order valence-corrected chi connectivity index (χ1v) is 9.76.